The molecule has 4 heteroatoms. The topological polar surface area (TPSA) is 40.6 Å². The maximum absolute atomic E-state index is 11.3. The molecular weight excluding hydrogens is 204 g/mol. The van der Waals surface area contributed by atoms with Crippen molar-refractivity contribution in [1.29, 1.82) is 0 Å². The van der Waals surface area contributed by atoms with Crippen LogP contribution in [0.4, 0.5) is 5.69 Å². The first-order valence-corrected chi connectivity index (χ1v) is 5.68. The summed E-state index contributed by atoms with van der Waals surface area (Å²) in [5.74, 6) is 0. The van der Waals surface area contributed by atoms with Crippen LogP contribution in [0.5, 0.6) is 0 Å². The van der Waals surface area contributed by atoms with Crippen LogP contribution in [-0.4, -0.2) is 38.6 Å². The first-order chi connectivity index (χ1) is 7.49. The average Bonchev–Trinajstić information content (AvgIpc) is 2.28. The summed E-state index contributed by atoms with van der Waals surface area (Å²) in [5, 5.41) is 0. The van der Waals surface area contributed by atoms with Gasteiger partial charge in [-0.05, 0) is 33.5 Å². The van der Waals surface area contributed by atoms with Crippen molar-refractivity contribution >= 4 is 5.69 Å². The molecule has 0 amide bonds. The molecule has 0 aliphatic carbocycles. The highest BCUT2D eigenvalue weighted by molar-refractivity contribution is 5.57. The van der Waals surface area contributed by atoms with Crippen molar-refractivity contribution in [2.75, 3.05) is 38.6 Å². The lowest BCUT2D eigenvalue weighted by Crippen LogP contribution is -2.41. The summed E-state index contributed by atoms with van der Waals surface area (Å²) in [4.78, 5) is 26.5. The Morgan fingerprint density at radius 2 is 1.69 bits per heavy atom. The molecule has 0 spiro atoms. The number of nitrogens with zero attached hydrogens (tertiary/aromatic N) is 2. The van der Waals surface area contributed by atoms with E-state index in [0.717, 1.165) is 26.1 Å². The number of hydrogen-bond donors (Lipinski definition) is 0. The summed E-state index contributed by atoms with van der Waals surface area (Å²) in [6.45, 7) is 6.69. The van der Waals surface area contributed by atoms with Crippen LogP contribution in [0.15, 0.2) is 9.59 Å². The second-order valence-electron chi connectivity index (χ2n) is 4.30. The summed E-state index contributed by atoms with van der Waals surface area (Å²) in [6.07, 6.45) is 0.999. The molecule has 1 aromatic carbocycles. The van der Waals surface area contributed by atoms with Gasteiger partial charge >= 0.3 is 0 Å². The van der Waals surface area contributed by atoms with Crippen LogP contribution >= 0.6 is 0 Å². The SMILES string of the molecule is CCN(C)CCCN(C)c1c(C)c(=O)c1=O. The van der Waals surface area contributed by atoms with Crippen molar-refractivity contribution in [2.45, 2.75) is 20.3 Å². The fourth-order valence-electron chi connectivity index (χ4n) is 1.80. The van der Waals surface area contributed by atoms with E-state index in [-0.39, 0.29) is 10.9 Å². The fourth-order valence-corrected chi connectivity index (χ4v) is 1.80. The van der Waals surface area contributed by atoms with Crippen molar-refractivity contribution in [3.8, 4) is 0 Å². The van der Waals surface area contributed by atoms with Gasteiger partial charge in [-0.3, -0.25) is 9.59 Å². The zero-order valence-electron chi connectivity index (χ0n) is 10.5. The highest BCUT2D eigenvalue weighted by Gasteiger charge is 2.19. The first-order valence-electron chi connectivity index (χ1n) is 5.68. The summed E-state index contributed by atoms with van der Waals surface area (Å²) >= 11 is 0. The molecule has 0 atom stereocenters. The van der Waals surface area contributed by atoms with Crippen molar-refractivity contribution < 1.29 is 0 Å². The Balaban J connectivity index is 2.46. The molecule has 16 heavy (non-hydrogen) atoms. The minimum Gasteiger partial charge on any atom is -0.371 e. The van der Waals surface area contributed by atoms with Gasteiger partial charge in [0.1, 0.15) is 0 Å². The van der Waals surface area contributed by atoms with Crippen LogP contribution in [0.3, 0.4) is 0 Å². The van der Waals surface area contributed by atoms with Gasteiger partial charge in [0.05, 0.1) is 5.69 Å². The van der Waals surface area contributed by atoms with E-state index in [0.29, 0.717) is 11.3 Å². The second-order valence-corrected chi connectivity index (χ2v) is 4.30. The summed E-state index contributed by atoms with van der Waals surface area (Å²) in [5.41, 5.74) is 0.553. The third-order valence-electron chi connectivity index (χ3n) is 3.07. The minimum atomic E-state index is -0.330. The van der Waals surface area contributed by atoms with Crippen LogP contribution in [0.25, 0.3) is 0 Å². The number of hydrogen-bond acceptors (Lipinski definition) is 4. The predicted molar refractivity (Wildman–Crippen MR) is 67.1 cm³/mol. The minimum absolute atomic E-state index is 0.326. The predicted octanol–water partition coefficient (Wildman–Crippen LogP) is 0.369. The van der Waals surface area contributed by atoms with E-state index in [4.69, 9.17) is 0 Å². The lowest BCUT2D eigenvalue weighted by Gasteiger charge is -2.23. The lowest BCUT2D eigenvalue weighted by atomic mass is 10.1. The molecule has 0 aromatic heterocycles. The van der Waals surface area contributed by atoms with Gasteiger partial charge in [-0.15, -0.1) is 0 Å². The van der Waals surface area contributed by atoms with Gasteiger partial charge in [0.25, 0.3) is 0 Å². The van der Waals surface area contributed by atoms with Gasteiger partial charge in [-0.1, -0.05) is 6.92 Å². The molecule has 0 bridgehead atoms. The summed E-state index contributed by atoms with van der Waals surface area (Å²) < 4.78 is 0. The molecule has 4 nitrogen and oxygen atoms in total. The third kappa shape index (κ3) is 2.50. The zero-order valence-corrected chi connectivity index (χ0v) is 10.5. The molecule has 1 rings (SSSR count). The van der Waals surface area contributed by atoms with Gasteiger partial charge in [-0.25, -0.2) is 0 Å². The quantitative estimate of drug-likeness (QED) is 0.655. The van der Waals surface area contributed by atoms with Crippen LogP contribution in [0, 0.1) is 6.92 Å². The zero-order chi connectivity index (χ0) is 12.3. The molecule has 1 aromatic rings. The Morgan fingerprint density at radius 3 is 2.19 bits per heavy atom. The summed E-state index contributed by atoms with van der Waals surface area (Å²) in [7, 11) is 3.94. The molecule has 90 valence electrons. The van der Waals surface area contributed by atoms with Crippen LogP contribution in [0.2, 0.25) is 0 Å². The molecular formula is C12H20N2O2. The largest absolute Gasteiger partial charge is 0.371 e. The van der Waals surface area contributed by atoms with Gasteiger partial charge < -0.3 is 9.80 Å². The van der Waals surface area contributed by atoms with E-state index in [9.17, 15) is 9.59 Å². The standard InChI is InChI=1S/C12H20N2O2/c1-5-13(3)7-6-8-14(4)10-9(2)11(15)12(10)16/h5-8H2,1-4H3. The Kier molecular flexibility index (Phi) is 4.24. The lowest BCUT2D eigenvalue weighted by molar-refractivity contribution is 0.348. The van der Waals surface area contributed by atoms with E-state index in [1.165, 1.54) is 0 Å². The second kappa shape index (κ2) is 5.25. The van der Waals surface area contributed by atoms with Crippen LogP contribution in [0.1, 0.15) is 18.9 Å². The van der Waals surface area contributed by atoms with Crippen molar-refractivity contribution in [3.63, 3.8) is 0 Å². The fraction of sp³-hybridized carbons (Fsp3) is 0.667. The van der Waals surface area contributed by atoms with Gasteiger partial charge in [0, 0.05) is 19.2 Å². The van der Waals surface area contributed by atoms with Gasteiger partial charge in [0.15, 0.2) is 0 Å². The smallest absolute Gasteiger partial charge is 0.249 e. The Morgan fingerprint density at radius 1 is 1.06 bits per heavy atom. The number of anilines is 1. The maximum atomic E-state index is 11.3. The molecule has 0 saturated heterocycles. The maximum Gasteiger partial charge on any atom is 0.249 e. The van der Waals surface area contributed by atoms with Crippen LogP contribution < -0.4 is 15.8 Å². The van der Waals surface area contributed by atoms with Crippen molar-refractivity contribution in [3.05, 3.63) is 26.0 Å². The molecule has 0 aliphatic rings. The molecule has 0 aliphatic heterocycles. The highest BCUT2D eigenvalue weighted by atomic mass is 16.2. The Hall–Kier alpha value is -1.16. The van der Waals surface area contributed by atoms with E-state index < -0.39 is 0 Å². The normalized spacial score (nSPS) is 11.3. The molecule has 0 saturated carbocycles. The molecule has 0 N–H and O–H groups in total. The highest BCUT2D eigenvalue weighted by Crippen LogP contribution is 2.11. The molecule has 0 radical (unpaired) electrons. The van der Waals surface area contributed by atoms with E-state index >= 15 is 0 Å². The molecule has 0 heterocycles. The Bertz CT molecular complexity index is 419. The van der Waals surface area contributed by atoms with Crippen LogP contribution in [-0.2, 0) is 0 Å². The monoisotopic (exact) mass is 224 g/mol. The first kappa shape index (κ1) is 12.9. The van der Waals surface area contributed by atoms with E-state index in [1.807, 2.05) is 11.9 Å². The molecule has 0 fully saturated rings. The average molecular weight is 224 g/mol. The van der Waals surface area contributed by atoms with Crippen molar-refractivity contribution in [1.82, 2.24) is 4.90 Å². The van der Waals surface area contributed by atoms with Crippen molar-refractivity contribution in [2.24, 2.45) is 0 Å². The number of rotatable bonds is 6. The third-order valence-corrected chi connectivity index (χ3v) is 3.07. The summed E-state index contributed by atoms with van der Waals surface area (Å²) in [6, 6.07) is 0. The van der Waals surface area contributed by atoms with E-state index in [2.05, 4.69) is 18.9 Å². The van der Waals surface area contributed by atoms with E-state index in [1.54, 1.807) is 6.92 Å². The van der Waals surface area contributed by atoms with Gasteiger partial charge in [-0.2, -0.15) is 0 Å². The van der Waals surface area contributed by atoms with Gasteiger partial charge in [0.2, 0.25) is 10.9 Å². The molecule has 0 unspecified atom stereocenters. The Labute approximate surface area is 96.2 Å².